The molecule has 0 atom stereocenters. The van der Waals surface area contributed by atoms with Gasteiger partial charge in [-0.2, -0.15) is 0 Å². The fourth-order valence-electron chi connectivity index (χ4n) is 3.87. The Labute approximate surface area is 169 Å². The molecule has 0 aliphatic carbocycles. The summed E-state index contributed by atoms with van der Waals surface area (Å²) in [4.78, 5) is 42.2. The van der Waals surface area contributed by atoms with Gasteiger partial charge in [-0.05, 0) is 36.8 Å². The number of carbonyl (C=O) groups is 3. The third-order valence-corrected chi connectivity index (χ3v) is 5.45. The molecule has 7 heteroatoms. The summed E-state index contributed by atoms with van der Waals surface area (Å²) in [5.74, 6) is -0.770. The summed E-state index contributed by atoms with van der Waals surface area (Å²) >= 11 is 0. The van der Waals surface area contributed by atoms with Gasteiger partial charge in [-0.3, -0.25) is 24.2 Å². The quantitative estimate of drug-likeness (QED) is 0.807. The van der Waals surface area contributed by atoms with E-state index in [1.54, 1.807) is 18.2 Å². The number of amides is 3. The number of nitrogens with zero attached hydrogens (tertiary/aromatic N) is 3. The van der Waals surface area contributed by atoms with Gasteiger partial charge in [0.1, 0.15) is 0 Å². The second-order valence-electron chi connectivity index (χ2n) is 7.43. The molecular formula is C22H24N4O3. The smallest absolute Gasteiger partial charge is 0.261 e. The van der Waals surface area contributed by atoms with E-state index in [1.165, 1.54) is 12.7 Å². The van der Waals surface area contributed by atoms with Crippen LogP contribution in [0.5, 0.6) is 0 Å². The SMILES string of the molecule is CN1C(=O)c2ccc(NC(=O)CN3CCCN(c4ccccc4)CC3)cc2C1=O. The molecule has 0 aromatic heterocycles. The van der Waals surface area contributed by atoms with E-state index in [1.807, 2.05) is 18.2 Å². The summed E-state index contributed by atoms with van der Waals surface area (Å²) in [6.45, 7) is 3.81. The molecule has 0 unspecified atom stereocenters. The molecule has 0 spiro atoms. The van der Waals surface area contributed by atoms with Crippen LogP contribution in [-0.4, -0.2) is 67.3 Å². The number of benzene rings is 2. The van der Waals surface area contributed by atoms with Crippen molar-refractivity contribution in [1.29, 1.82) is 0 Å². The number of nitrogens with one attached hydrogen (secondary N) is 1. The Morgan fingerprint density at radius 1 is 0.931 bits per heavy atom. The highest BCUT2D eigenvalue weighted by Crippen LogP contribution is 2.24. The van der Waals surface area contributed by atoms with Crippen molar-refractivity contribution < 1.29 is 14.4 Å². The topological polar surface area (TPSA) is 73.0 Å². The highest BCUT2D eigenvalue weighted by Gasteiger charge is 2.32. The van der Waals surface area contributed by atoms with Crippen LogP contribution in [0.15, 0.2) is 48.5 Å². The maximum atomic E-state index is 12.5. The van der Waals surface area contributed by atoms with Crippen molar-refractivity contribution >= 4 is 29.1 Å². The molecule has 1 fully saturated rings. The Kier molecular flexibility index (Phi) is 5.31. The summed E-state index contributed by atoms with van der Waals surface area (Å²) < 4.78 is 0. The lowest BCUT2D eigenvalue weighted by Crippen LogP contribution is -2.36. The second-order valence-corrected chi connectivity index (χ2v) is 7.43. The van der Waals surface area contributed by atoms with Gasteiger partial charge < -0.3 is 10.2 Å². The minimum absolute atomic E-state index is 0.122. The van der Waals surface area contributed by atoms with Gasteiger partial charge in [-0.1, -0.05) is 18.2 Å². The molecule has 4 rings (SSSR count). The summed E-state index contributed by atoms with van der Waals surface area (Å²) in [5.41, 5.74) is 2.46. The summed E-state index contributed by atoms with van der Waals surface area (Å²) in [7, 11) is 1.46. The number of hydrogen-bond acceptors (Lipinski definition) is 5. The van der Waals surface area contributed by atoms with Crippen LogP contribution >= 0.6 is 0 Å². The normalized spacial score (nSPS) is 17.3. The van der Waals surface area contributed by atoms with Crippen molar-refractivity contribution in [2.24, 2.45) is 0 Å². The standard InChI is InChI=1S/C22H24N4O3/c1-24-21(28)18-9-8-16(14-19(18)22(24)29)23-20(27)15-25-10-5-11-26(13-12-25)17-6-3-2-4-7-17/h2-4,6-9,14H,5,10-13,15H2,1H3,(H,23,27). The lowest BCUT2D eigenvalue weighted by atomic mass is 10.1. The van der Waals surface area contributed by atoms with E-state index in [2.05, 4.69) is 27.2 Å². The first kappa shape index (κ1) is 19.1. The molecule has 7 nitrogen and oxygen atoms in total. The van der Waals surface area contributed by atoms with Crippen LogP contribution in [0.4, 0.5) is 11.4 Å². The van der Waals surface area contributed by atoms with Gasteiger partial charge in [0, 0.05) is 44.6 Å². The van der Waals surface area contributed by atoms with Crippen molar-refractivity contribution in [3.8, 4) is 0 Å². The predicted molar refractivity (Wildman–Crippen MR) is 111 cm³/mol. The molecule has 2 heterocycles. The molecule has 2 aliphatic rings. The molecule has 3 amide bonds. The van der Waals surface area contributed by atoms with Crippen molar-refractivity contribution in [2.75, 3.05) is 50.0 Å². The number of fused-ring (bicyclic) bond motifs is 1. The van der Waals surface area contributed by atoms with Crippen LogP contribution in [0.1, 0.15) is 27.1 Å². The lowest BCUT2D eigenvalue weighted by Gasteiger charge is -2.23. The first-order valence-corrected chi connectivity index (χ1v) is 9.81. The minimum atomic E-state index is -0.338. The lowest BCUT2D eigenvalue weighted by molar-refractivity contribution is -0.117. The molecule has 2 aliphatic heterocycles. The van der Waals surface area contributed by atoms with Crippen molar-refractivity contribution in [3.05, 3.63) is 59.7 Å². The molecule has 2 aromatic rings. The van der Waals surface area contributed by atoms with E-state index in [4.69, 9.17) is 0 Å². The van der Waals surface area contributed by atoms with Gasteiger partial charge in [0.25, 0.3) is 11.8 Å². The van der Waals surface area contributed by atoms with Crippen LogP contribution in [0, 0.1) is 0 Å². The zero-order chi connectivity index (χ0) is 20.4. The summed E-state index contributed by atoms with van der Waals surface area (Å²) in [6, 6.07) is 15.2. The third-order valence-electron chi connectivity index (χ3n) is 5.45. The molecule has 0 bridgehead atoms. The van der Waals surface area contributed by atoms with Gasteiger partial charge in [0.2, 0.25) is 5.91 Å². The van der Waals surface area contributed by atoms with Gasteiger partial charge in [-0.25, -0.2) is 0 Å². The van der Waals surface area contributed by atoms with E-state index < -0.39 is 0 Å². The zero-order valence-electron chi connectivity index (χ0n) is 16.4. The van der Waals surface area contributed by atoms with E-state index >= 15 is 0 Å². The summed E-state index contributed by atoms with van der Waals surface area (Å²) in [6.07, 6.45) is 0.990. The molecule has 0 saturated carbocycles. The van der Waals surface area contributed by atoms with E-state index in [0.717, 1.165) is 37.5 Å². The Balaban J connectivity index is 1.35. The summed E-state index contributed by atoms with van der Waals surface area (Å²) in [5, 5.41) is 2.86. The first-order valence-electron chi connectivity index (χ1n) is 9.81. The largest absolute Gasteiger partial charge is 0.370 e. The van der Waals surface area contributed by atoms with Crippen LogP contribution in [0.2, 0.25) is 0 Å². The number of carbonyl (C=O) groups excluding carboxylic acids is 3. The zero-order valence-corrected chi connectivity index (χ0v) is 16.4. The molecule has 0 radical (unpaired) electrons. The van der Waals surface area contributed by atoms with Gasteiger partial charge in [0.05, 0.1) is 17.7 Å². The fraction of sp³-hybridized carbons (Fsp3) is 0.318. The van der Waals surface area contributed by atoms with Gasteiger partial charge >= 0.3 is 0 Å². The highest BCUT2D eigenvalue weighted by molar-refractivity contribution is 6.21. The van der Waals surface area contributed by atoms with Crippen molar-refractivity contribution in [1.82, 2.24) is 9.80 Å². The predicted octanol–water partition coefficient (Wildman–Crippen LogP) is 2.06. The average molecular weight is 392 g/mol. The molecule has 150 valence electrons. The maximum absolute atomic E-state index is 12.5. The number of anilines is 2. The molecule has 2 aromatic carbocycles. The van der Waals surface area contributed by atoms with E-state index in [0.29, 0.717) is 23.4 Å². The molecule has 29 heavy (non-hydrogen) atoms. The number of imide groups is 1. The Hall–Kier alpha value is -3.19. The molecule has 1 saturated heterocycles. The van der Waals surface area contributed by atoms with Gasteiger partial charge in [0.15, 0.2) is 0 Å². The monoisotopic (exact) mass is 392 g/mol. The maximum Gasteiger partial charge on any atom is 0.261 e. The van der Waals surface area contributed by atoms with Crippen LogP contribution in [0.25, 0.3) is 0 Å². The average Bonchev–Trinajstić information content (AvgIpc) is 2.89. The van der Waals surface area contributed by atoms with Crippen molar-refractivity contribution in [2.45, 2.75) is 6.42 Å². The van der Waals surface area contributed by atoms with Crippen LogP contribution in [0.3, 0.4) is 0 Å². The van der Waals surface area contributed by atoms with E-state index in [9.17, 15) is 14.4 Å². The van der Waals surface area contributed by atoms with Crippen molar-refractivity contribution in [3.63, 3.8) is 0 Å². The molecule has 1 N–H and O–H groups in total. The Morgan fingerprint density at radius 2 is 1.69 bits per heavy atom. The van der Waals surface area contributed by atoms with Crippen LogP contribution < -0.4 is 10.2 Å². The van der Waals surface area contributed by atoms with Crippen LogP contribution in [-0.2, 0) is 4.79 Å². The first-order chi connectivity index (χ1) is 14.0. The number of para-hydroxylation sites is 1. The van der Waals surface area contributed by atoms with Gasteiger partial charge in [-0.15, -0.1) is 0 Å². The Bertz CT molecular complexity index is 944. The highest BCUT2D eigenvalue weighted by atomic mass is 16.2. The Morgan fingerprint density at radius 3 is 2.48 bits per heavy atom. The van der Waals surface area contributed by atoms with E-state index in [-0.39, 0.29) is 17.7 Å². The number of rotatable bonds is 4. The fourth-order valence-corrected chi connectivity index (χ4v) is 3.87. The third kappa shape index (κ3) is 4.00. The minimum Gasteiger partial charge on any atom is -0.370 e. The second kappa shape index (κ2) is 8.05. The molecular weight excluding hydrogens is 368 g/mol. The number of hydrogen-bond donors (Lipinski definition) is 1.